The smallest absolute Gasteiger partial charge is 0.0540 e. The van der Waals surface area contributed by atoms with Gasteiger partial charge in [-0.2, -0.15) is 0 Å². The molecule has 7 aromatic rings. The molecule has 0 saturated carbocycles. The molecule has 226 valence electrons. The van der Waals surface area contributed by atoms with Crippen LogP contribution >= 0.6 is 11.8 Å². The van der Waals surface area contributed by atoms with Crippen LogP contribution in [0.3, 0.4) is 0 Å². The molecule has 47 heavy (non-hydrogen) atoms. The van der Waals surface area contributed by atoms with Crippen molar-refractivity contribution in [2.24, 2.45) is 0 Å². The molecule has 1 atom stereocenters. The predicted octanol–water partition coefficient (Wildman–Crippen LogP) is 12.4. The molecule has 1 nitrogen and oxygen atoms in total. The van der Waals surface area contributed by atoms with Gasteiger partial charge in [-0.1, -0.05) is 147 Å². The van der Waals surface area contributed by atoms with Gasteiger partial charge in [-0.05, 0) is 82.1 Å². The molecule has 0 spiro atoms. The summed E-state index contributed by atoms with van der Waals surface area (Å²) in [6, 6.07) is 58.1. The lowest BCUT2D eigenvalue weighted by Gasteiger charge is -2.39. The van der Waals surface area contributed by atoms with Gasteiger partial charge in [-0.15, -0.1) is 0 Å². The molecule has 0 amide bonds. The Morgan fingerprint density at radius 2 is 1.19 bits per heavy atom. The van der Waals surface area contributed by atoms with E-state index in [1.165, 1.54) is 70.9 Å². The van der Waals surface area contributed by atoms with Crippen LogP contribution in [0, 0.1) is 0 Å². The molecular formula is C45H35NS. The molecule has 2 aliphatic rings. The normalized spacial score (nSPS) is 17.0. The minimum Gasteiger partial charge on any atom is -0.310 e. The van der Waals surface area contributed by atoms with E-state index in [2.05, 4.69) is 183 Å². The number of benzene rings is 7. The lowest BCUT2D eigenvalue weighted by Crippen LogP contribution is -2.29. The van der Waals surface area contributed by atoms with Crippen LogP contribution in [0.2, 0.25) is 0 Å². The van der Waals surface area contributed by atoms with E-state index >= 15 is 0 Å². The first-order valence-electron chi connectivity index (χ1n) is 16.4. The van der Waals surface area contributed by atoms with E-state index < -0.39 is 0 Å². The third-order valence-corrected chi connectivity index (χ3v) is 11.8. The van der Waals surface area contributed by atoms with Crippen LogP contribution in [0.25, 0.3) is 21.9 Å². The minimum absolute atomic E-state index is 0.155. The van der Waals surface area contributed by atoms with E-state index in [0.717, 1.165) is 5.69 Å². The average Bonchev–Trinajstić information content (AvgIpc) is 3.35. The molecule has 0 fully saturated rings. The zero-order valence-electron chi connectivity index (χ0n) is 26.9. The van der Waals surface area contributed by atoms with Gasteiger partial charge in [-0.25, -0.2) is 0 Å². The summed E-state index contributed by atoms with van der Waals surface area (Å²) in [5, 5.41) is 2.48. The molecule has 1 unspecified atom stereocenters. The van der Waals surface area contributed by atoms with Crippen LogP contribution in [0.15, 0.2) is 168 Å². The Labute approximate surface area is 281 Å². The number of anilines is 3. The highest BCUT2D eigenvalue weighted by Gasteiger charge is 2.44. The number of nitrogens with zero attached hydrogens (tertiary/aromatic N) is 1. The second-order valence-electron chi connectivity index (χ2n) is 13.5. The van der Waals surface area contributed by atoms with Crippen molar-refractivity contribution in [1.82, 2.24) is 0 Å². The SMILES string of the molecule is CC1(C)c2cc(N(c3ccccc3)c3cccc4ccccc34)ccc2-c2c1ccc1c2Sc2ccccc2C1(C)c1ccccc1. The van der Waals surface area contributed by atoms with E-state index in [9.17, 15) is 0 Å². The summed E-state index contributed by atoms with van der Waals surface area (Å²) in [4.78, 5) is 5.16. The molecule has 1 aliphatic heterocycles. The Hall–Kier alpha value is -5.05. The summed E-state index contributed by atoms with van der Waals surface area (Å²) in [5.74, 6) is 0. The summed E-state index contributed by atoms with van der Waals surface area (Å²) in [6.07, 6.45) is 0. The highest BCUT2D eigenvalue weighted by atomic mass is 32.2. The van der Waals surface area contributed by atoms with Gasteiger partial charge in [-0.3, -0.25) is 0 Å². The fraction of sp³-hybridized carbons (Fsp3) is 0.111. The van der Waals surface area contributed by atoms with E-state index in [0.29, 0.717) is 0 Å². The molecule has 0 aromatic heterocycles. The highest BCUT2D eigenvalue weighted by Crippen LogP contribution is 2.60. The first-order chi connectivity index (χ1) is 23.0. The Morgan fingerprint density at radius 1 is 0.511 bits per heavy atom. The number of para-hydroxylation sites is 1. The first kappa shape index (κ1) is 28.2. The largest absolute Gasteiger partial charge is 0.310 e. The fourth-order valence-corrected chi connectivity index (χ4v) is 9.59. The molecule has 1 heterocycles. The van der Waals surface area contributed by atoms with Crippen LogP contribution in [-0.2, 0) is 10.8 Å². The van der Waals surface area contributed by atoms with Crippen molar-refractivity contribution in [3.8, 4) is 11.1 Å². The predicted molar refractivity (Wildman–Crippen MR) is 199 cm³/mol. The van der Waals surface area contributed by atoms with E-state index in [1.54, 1.807) is 0 Å². The Kier molecular flexibility index (Phi) is 6.29. The van der Waals surface area contributed by atoms with Gasteiger partial charge in [0.2, 0.25) is 0 Å². The summed E-state index contributed by atoms with van der Waals surface area (Å²) in [6.45, 7) is 7.21. The topological polar surface area (TPSA) is 3.24 Å². The third-order valence-electron chi connectivity index (χ3n) is 10.6. The van der Waals surface area contributed by atoms with Crippen molar-refractivity contribution in [3.63, 3.8) is 0 Å². The number of fused-ring (bicyclic) bond motifs is 7. The minimum atomic E-state index is -0.251. The van der Waals surface area contributed by atoms with Crippen LogP contribution in [-0.4, -0.2) is 0 Å². The molecule has 0 bridgehead atoms. The lowest BCUT2D eigenvalue weighted by atomic mass is 9.69. The summed E-state index contributed by atoms with van der Waals surface area (Å²) >= 11 is 1.94. The van der Waals surface area contributed by atoms with Gasteiger partial charge in [0.15, 0.2) is 0 Å². The van der Waals surface area contributed by atoms with Crippen molar-refractivity contribution >= 4 is 39.6 Å². The maximum atomic E-state index is 2.45. The van der Waals surface area contributed by atoms with Gasteiger partial charge in [0, 0.05) is 42.9 Å². The molecule has 0 N–H and O–H groups in total. The lowest BCUT2D eigenvalue weighted by molar-refractivity contribution is 0.642. The Balaban J connectivity index is 1.26. The van der Waals surface area contributed by atoms with Crippen LogP contribution in [0.5, 0.6) is 0 Å². The molecule has 1 aliphatic carbocycles. The quantitative estimate of drug-likeness (QED) is 0.192. The van der Waals surface area contributed by atoms with Crippen molar-refractivity contribution < 1.29 is 0 Å². The van der Waals surface area contributed by atoms with E-state index in [-0.39, 0.29) is 10.8 Å². The van der Waals surface area contributed by atoms with Gasteiger partial charge in [0.05, 0.1) is 5.69 Å². The molecule has 0 radical (unpaired) electrons. The zero-order valence-corrected chi connectivity index (χ0v) is 27.7. The summed E-state index contributed by atoms with van der Waals surface area (Å²) < 4.78 is 0. The van der Waals surface area contributed by atoms with E-state index in [4.69, 9.17) is 0 Å². The molecule has 9 rings (SSSR count). The van der Waals surface area contributed by atoms with Gasteiger partial charge >= 0.3 is 0 Å². The second kappa shape index (κ2) is 10.5. The molecule has 0 saturated heterocycles. The highest BCUT2D eigenvalue weighted by molar-refractivity contribution is 7.99. The first-order valence-corrected chi connectivity index (χ1v) is 17.3. The van der Waals surface area contributed by atoms with E-state index in [1.807, 2.05) is 11.8 Å². The standard InChI is InChI=1S/C45H35NS/c1-44(2)37-27-28-38-43(47-41-24-13-12-22-36(41)45(38,3)31-17-6-4-7-18-31)42(37)35-26-25-33(29-39(35)44)46(32-19-8-5-9-20-32)40-23-14-16-30-15-10-11-21-34(30)40/h4-29H,1-3H3. The number of rotatable bonds is 4. The average molecular weight is 622 g/mol. The molecule has 2 heteroatoms. The Bertz CT molecular complexity index is 2320. The maximum absolute atomic E-state index is 2.45. The zero-order chi connectivity index (χ0) is 31.8. The Morgan fingerprint density at radius 3 is 2.02 bits per heavy atom. The third kappa shape index (κ3) is 4.11. The second-order valence-corrected chi connectivity index (χ2v) is 14.5. The van der Waals surface area contributed by atoms with Crippen molar-refractivity contribution in [2.75, 3.05) is 4.90 Å². The molecule has 7 aromatic carbocycles. The van der Waals surface area contributed by atoms with Crippen LogP contribution in [0.4, 0.5) is 17.1 Å². The summed E-state index contributed by atoms with van der Waals surface area (Å²) in [7, 11) is 0. The number of hydrogen-bond acceptors (Lipinski definition) is 2. The maximum Gasteiger partial charge on any atom is 0.0540 e. The van der Waals surface area contributed by atoms with Gasteiger partial charge in [0.1, 0.15) is 0 Å². The summed E-state index contributed by atoms with van der Waals surface area (Å²) in [5.41, 5.74) is 12.7. The fourth-order valence-electron chi connectivity index (χ4n) is 8.14. The van der Waals surface area contributed by atoms with Crippen molar-refractivity contribution in [2.45, 2.75) is 41.4 Å². The number of hydrogen-bond donors (Lipinski definition) is 0. The molecular weight excluding hydrogens is 587 g/mol. The monoisotopic (exact) mass is 621 g/mol. The van der Waals surface area contributed by atoms with Gasteiger partial charge in [0.25, 0.3) is 0 Å². The van der Waals surface area contributed by atoms with Crippen molar-refractivity contribution in [3.05, 3.63) is 186 Å². The van der Waals surface area contributed by atoms with Crippen LogP contribution < -0.4 is 4.90 Å². The van der Waals surface area contributed by atoms with Crippen molar-refractivity contribution in [1.29, 1.82) is 0 Å². The van der Waals surface area contributed by atoms with Gasteiger partial charge < -0.3 is 4.90 Å². The van der Waals surface area contributed by atoms with Crippen LogP contribution in [0.1, 0.15) is 48.6 Å².